The van der Waals surface area contributed by atoms with Crippen molar-refractivity contribution in [3.05, 3.63) is 29.8 Å². The van der Waals surface area contributed by atoms with E-state index in [0.717, 1.165) is 11.3 Å². The van der Waals surface area contributed by atoms with Crippen molar-refractivity contribution in [2.24, 2.45) is 0 Å². The molecule has 0 aromatic heterocycles. The Bertz CT molecular complexity index is 478. The fourth-order valence-electron chi connectivity index (χ4n) is 1.78. The maximum atomic E-state index is 11.8. The minimum absolute atomic E-state index is 0.0388. The number of phenolic OH excluding ortho intramolecular Hbond substituents is 1. The molecule has 0 bridgehead atoms. The van der Waals surface area contributed by atoms with E-state index < -0.39 is 18.0 Å². The summed E-state index contributed by atoms with van der Waals surface area (Å²) >= 11 is 1.60. The van der Waals surface area contributed by atoms with E-state index in [0.29, 0.717) is 0 Å². The third-order valence-corrected chi connectivity index (χ3v) is 3.61. The monoisotopic (exact) mass is 312 g/mol. The van der Waals surface area contributed by atoms with E-state index in [1.54, 1.807) is 23.9 Å². The number of carboxylic acid groups (broad SMARTS) is 1. The van der Waals surface area contributed by atoms with Gasteiger partial charge in [-0.3, -0.25) is 0 Å². The summed E-state index contributed by atoms with van der Waals surface area (Å²) in [5.41, 5.74) is 0.720. The van der Waals surface area contributed by atoms with Crippen LogP contribution in [-0.2, 0) is 11.2 Å². The van der Waals surface area contributed by atoms with Crippen LogP contribution < -0.4 is 10.6 Å². The van der Waals surface area contributed by atoms with Gasteiger partial charge < -0.3 is 20.8 Å². The number of amides is 2. The van der Waals surface area contributed by atoms with E-state index in [1.807, 2.05) is 13.2 Å². The van der Waals surface area contributed by atoms with Crippen molar-refractivity contribution in [1.82, 2.24) is 10.6 Å². The molecule has 0 saturated heterocycles. The maximum Gasteiger partial charge on any atom is 0.326 e. The van der Waals surface area contributed by atoms with Crippen LogP contribution in [0, 0.1) is 0 Å². The van der Waals surface area contributed by atoms with Crippen molar-refractivity contribution < 1.29 is 19.8 Å². The number of urea groups is 1. The van der Waals surface area contributed by atoms with Crippen molar-refractivity contribution in [3.8, 4) is 5.75 Å². The van der Waals surface area contributed by atoms with Crippen molar-refractivity contribution >= 4 is 23.8 Å². The predicted molar refractivity (Wildman–Crippen MR) is 82.7 cm³/mol. The van der Waals surface area contributed by atoms with Gasteiger partial charge in [-0.2, -0.15) is 11.8 Å². The summed E-state index contributed by atoms with van der Waals surface area (Å²) in [7, 11) is 0. The zero-order valence-electron chi connectivity index (χ0n) is 12.0. The number of carbonyl (C=O) groups is 2. The second-order valence-electron chi connectivity index (χ2n) is 4.74. The first-order valence-corrected chi connectivity index (χ1v) is 7.88. The van der Waals surface area contributed by atoms with E-state index in [1.165, 1.54) is 12.1 Å². The highest BCUT2D eigenvalue weighted by Gasteiger charge is 2.21. The highest BCUT2D eigenvalue weighted by molar-refractivity contribution is 7.98. The van der Waals surface area contributed by atoms with Crippen LogP contribution in [-0.4, -0.2) is 46.3 Å². The molecule has 4 N–H and O–H groups in total. The molecule has 6 nitrogen and oxygen atoms in total. The minimum Gasteiger partial charge on any atom is -0.508 e. The Morgan fingerprint density at radius 2 is 1.86 bits per heavy atom. The first kappa shape index (κ1) is 17.2. The molecular weight excluding hydrogens is 292 g/mol. The number of thioether (sulfide) groups is 1. The Morgan fingerprint density at radius 1 is 1.24 bits per heavy atom. The molecule has 0 spiro atoms. The molecule has 2 amide bonds. The van der Waals surface area contributed by atoms with Crippen LogP contribution in [0.3, 0.4) is 0 Å². The SMILES string of the molecule is CSCC(C)NC(=O)N[C@H](Cc1ccc(O)cc1)C(=O)O. The summed E-state index contributed by atoms with van der Waals surface area (Å²) in [6.07, 6.45) is 2.08. The fourth-order valence-corrected chi connectivity index (χ4v) is 2.37. The number of aromatic hydroxyl groups is 1. The number of nitrogens with one attached hydrogen (secondary N) is 2. The summed E-state index contributed by atoms with van der Waals surface area (Å²) in [4.78, 5) is 23.0. The summed E-state index contributed by atoms with van der Waals surface area (Å²) in [6, 6.07) is 4.66. The van der Waals surface area contributed by atoms with E-state index in [2.05, 4.69) is 10.6 Å². The number of benzene rings is 1. The number of hydrogen-bond acceptors (Lipinski definition) is 4. The lowest BCUT2D eigenvalue weighted by Gasteiger charge is -2.18. The molecule has 116 valence electrons. The Morgan fingerprint density at radius 3 is 2.38 bits per heavy atom. The first-order chi connectivity index (χ1) is 9.92. The zero-order chi connectivity index (χ0) is 15.8. The number of phenols is 1. The van der Waals surface area contributed by atoms with Crippen LogP contribution in [0.2, 0.25) is 0 Å². The predicted octanol–water partition coefficient (Wildman–Crippen LogP) is 1.44. The van der Waals surface area contributed by atoms with E-state index in [4.69, 9.17) is 0 Å². The molecule has 2 atom stereocenters. The Hall–Kier alpha value is -1.89. The van der Waals surface area contributed by atoms with Crippen molar-refractivity contribution in [2.75, 3.05) is 12.0 Å². The van der Waals surface area contributed by atoms with Crippen LogP contribution in [0.1, 0.15) is 12.5 Å². The van der Waals surface area contributed by atoms with Crippen LogP contribution in [0.5, 0.6) is 5.75 Å². The van der Waals surface area contributed by atoms with Crippen LogP contribution >= 0.6 is 11.8 Å². The number of carboxylic acids is 1. The van der Waals surface area contributed by atoms with Gasteiger partial charge in [-0.1, -0.05) is 12.1 Å². The topological polar surface area (TPSA) is 98.7 Å². The third-order valence-electron chi connectivity index (χ3n) is 2.77. The molecular formula is C14H20N2O4S. The molecule has 1 aromatic rings. The molecule has 7 heteroatoms. The standard InChI is InChI=1S/C14H20N2O4S/c1-9(8-21-2)15-14(20)16-12(13(18)19)7-10-3-5-11(17)6-4-10/h3-6,9,12,17H,7-8H2,1-2H3,(H,18,19)(H2,15,16,20)/t9?,12-/m1/s1. The van der Waals surface area contributed by atoms with Gasteiger partial charge in [0, 0.05) is 18.2 Å². The lowest BCUT2D eigenvalue weighted by Crippen LogP contribution is -2.49. The van der Waals surface area contributed by atoms with Crippen molar-refractivity contribution in [2.45, 2.75) is 25.4 Å². The highest BCUT2D eigenvalue weighted by atomic mass is 32.2. The average molecular weight is 312 g/mol. The Kier molecular flexibility index (Phi) is 6.87. The molecule has 0 aliphatic heterocycles. The second-order valence-corrected chi connectivity index (χ2v) is 5.65. The Balaban J connectivity index is 2.59. The summed E-state index contributed by atoms with van der Waals surface area (Å²) in [6.45, 7) is 1.85. The fraction of sp³-hybridized carbons (Fsp3) is 0.429. The lowest BCUT2D eigenvalue weighted by atomic mass is 10.1. The molecule has 1 aromatic carbocycles. The lowest BCUT2D eigenvalue weighted by molar-refractivity contribution is -0.139. The van der Waals surface area contributed by atoms with Gasteiger partial charge in [0.1, 0.15) is 11.8 Å². The molecule has 1 rings (SSSR count). The number of hydrogen-bond donors (Lipinski definition) is 4. The van der Waals surface area contributed by atoms with Gasteiger partial charge >= 0.3 is 12.0 Å². The van der Waals surface area contributed by atoms with Gasteiger partial charge in [0.2, 0.25) is 0 Å². The molecule has 0 heterocycles. The molecule has 0 aliphatic rings. The molecule has 0 fully saturated rings. The minimum atomic E-state index is -1.10. The Labute approximate surface area is 127 Å². The largest absolute Gasteiger partial charge is 0.508 e. The quantitative estimate of drug-likeness (QED) is 0.610. The van der Waals surface area contributed by atoms with Gasteiger partial charge in [-0.15, -0.1) is 0 Å². The second kappa shape index (κ2) is 8.41. The average Bonchev–Trinajstić information content (AvgIpc) is 2.40. The van der Waals surface area contributed by atoms with Crippen LogP contribution in [0.25, 0.3) is 0 Å². The van der Waals surface area contributed by atoms with Gasteiger partial charge in [-0.05, 0) is 30.9 Å². The molecule has 1 unspecified atom stereocenters. The highest BCUT2D eigenvalue weighted by Crippen LogP contribution is 2.11. The molecule has 21 heavy (non-hydrogen) atoms. The summed E-state index contributed by atoms with van der Waals surface area (Å²) < 4.78 is 0. The summed E-state index contributed by atoms with van der Waals surface area (Å²) in [5, 5.41) is 23.5. The van der Waals surface area contributed by atoms with Crippen LogP contribution in [0.15, 0.2) is 24.3 Å². The van der Waals surface area contributed by atoms with E-state index in [9.17, 15) is 19.8 Å². The van der Waals surface area contributed by atoms with Crippen molar-refractivity contribution in [1.29, 1.82) is 0 Å². The zero-order valence-corrected chi connectivity index (χ0v) is 12.8. The number of rotatable bonds is 7. The first-order valence-electron chi connectivity index (χ1n) is 6.49. The maximum absolute atomic E-state index is 11.8. The summed E-state index contributed by atoms with van der Waals surface area (Å²) in [5.74, 6) is -0.235. The van der Waals surface area contributed by atoms with E-state index in [-0.39, 0.29) is 18.2 Å². The van der Waals surface area contributed by atoms with E-state index >= 15 is 0 Å². The van der Waals surface area contributed by atoms with Gasteiger partial charge in [0.25, 0.3) is 0 Å². The van der Waals surface area contributed by atoms with Crippen LogP contribution in [0.4, 0.5) is 4.79 Å². The smallest absolute Gasteiger partial charge is 0.326 e. The normalized spacial score (nSPS) is 13.2. The number of aliphatic carboxylic acids is 1. The third kappa shape index (κ3) is 6.40. The van der Waals surface area contributed by atoms with Crippen molar-refractivity contribution in [3.63, 3.8) is 0 Å². The molecule has 0 aliphatic carbocycles. The molecule has 0 saturated carbocycles. The van der Waals surface area contributed by atoms with Gasteiger partial charge in [0.15, 0.2) is 0 Å². The molecule has 0 radical (unpaired) electrons. The number of carbonyl (C=O) groups excluding carboxylic acids is 1. The van der Waals surface area contributed by atoms with Gasteiger partial charge in [0.05, 0.1) is 0 Å². The van der Waals surface area contributed by atoms with Gasteiger partial charge in [-0.25, -0.2) is 9.59 Å².